The number of hydrazine groups is 1. The molecular weight excluding hydrogens is 268 g/mol. The van der Waals surface area contributed by atoms with Gasteiger partial charge in [0.15, 0.2) is 0 Å². The molecular formula is C15H18N4O2. The van der Waals surface area contributed by atoms with Crippen LogP contribution in [0.4, 0.5) is 5.82 Å². The van der Waals surface area contributed by atoms with Gasteiger partial charge in [0.2, 0.25) is 0 Å². The number of anilines is 1. The zero-order valence-electron chi connectivity index (χ0n) is 11.8. The molecule has 6 nitrogen and oxygen atoms in total. The third-order valence-electron chi connectivity index (χ3n) is 3.00. The number of pyridine rings is 1. The summed E-state index contributed by atoms with van der Waals surface area (Å²) in [7, 11) is 1.63. The largest absolute Gasteiger partial charge is 0.496 e. The van der Waals surface area contributed by atoms with Gasteiger partial charge in [-0.2, -0.15) is 0 Å². The average molecular weight is 286 g/mol. The highest BCUT2D eigenvalue weighted by Gasteiger charge is 2.08. The molecule has 0 bridgehead atoms. The summed E-state index contributed by atoms with van der Waals surface area (Å²) in [5.41, 5.74) is 3.78. The van der Waals surface area contributed by atoms with Crippen LogP contribution in [-0.4, -0.2) is 24.5 Å². The van der Waals surface area contributed by atoms with Crippen molar-refractivity contribution in [3.05, 3.63) is 53.7 Å². The monoisotopic (exact) mass is 286 g/mol. The van der Waals surface area contributed by atoms with E-state index in [0.717, 1.165) is 11.3 Å². The van der Waals surface area contributed by atoms with E-state index in [1.807, 2.05) is 24.3 Å². The summed E-state index contributed by atoms with van der Waals surface area (Å²) in [6.07, 6.45) is 0.685. The molecule has 0 radical (unpaired) electrons. The second-order valence-corrected chi connectivity index (χ2v) is 4.37. The minimum atomic E-state index is -0.234. The number of carbonyl (C=O) groups excluding carboxylic acids is 1. The van der Waals surface area contributed by atoms with Crippen LogP contribution in [-0.2, 0) is 6.42 Å². The molecule has 1 heterocycles. The molecule has 1 aromatic heterocycles. The Hall–Kier alpha value is -2.60. The predicted molar refractivity (Wildman–Crippen MR) is 81.1 cm³/mol. The van der Waals surface area contributed by atoms with E-state index in [2.05, 4.69) is 15.7 Å². The summed E-state index contributed by atoms with van der Waals surface area (Å²) in [6, 6.07) is 12.8. The molecule has 2 rings (SSSR count). The maximum Gasteiger partial charge on any atom is 0.269 e. The Morgan fingerprint density at radius 2 is 2.05 bits per heavy atom. The normalized spacial score (nSPS) is 10.0. The fourth-order valence-electron chi connectivity index (χ4n) is 1.95. The van der Waals surface area contributed by atoms with Crippen molar-refractivity contribution >= 4 is 11.7 Å². The molecule has 0 spiro atoms. The molecule has 0 unspecified atom stereocenters. The number of nitrogen functional groups attached to an aromatic ring is 1. The lowest BCUT2D eigenvalue weighted by Crippen LogP contribution is -2.27. The average Bonchev–Trinajstić information content (AvgIpc) is 2.55. The number of carbonyl (C=O) groups is 1. The van der Waals surface area contributed by atoms with Gasteiger partial charge >= 0.3 is 0 Å². The molecule has 0 saturated heterocycles. The molecule has 0 aliphatic heterocycles. The predicted octanol–water partition coefficient (Wildman–Crippen LogP) is 1.35. The van der Waals surface area contributed by atoms with E-state index >= 15 is 0 Å². The number of hydrogen-bond acceptors (Lipinski definition) is 5. The van der Waals surface area contributed by atoms with E-state index in [1.54, 1.807) is 25.3 Å². The number of nitrogens with one attached hydrogen (secondary N) is 2. The van der Waals surface area contributed by atoms with Crippen molar-refractivity contribution < 1.29 is 9.53 Å². The number of methoxy groups -OCH3 is 1. The quantitative estimate of drug-likeness (QED) is 0.551. The van der Waals surface area contributed by atoms with E-state index in [4.69, 9.17) is 10.6 Å². The maximum atomic E-state index is 12.0. The third-order valence-corrected chi connectivity index (χ3v) is 3.00. The molecule has 1 amide bonds. The smallest absolute Gasteiger partial charge is 0.269 e. The van der Waals surface area contributed by atoms with Crippen LogP contribution >= 0.6 is 0 Å². The number of ether oxygens (including phenoxy) is 1. The lowest BCUT2D eigenvalue weighted by Gasteiger charge is -2.09. The second kappa shape index (κ2) is 7.25. The van der Waals surface area contributed by atoms with E-state index < -0.39 is 0 Å². The van der Waals surface area contributed by atoms with Crippen molar-refractivity contribution in [1.29, 1.82) is 0 Å². The van der Waals surface area contributed by atoms with E-state index in [9.17, 15) is 4.79 Å². The first-order chi connectivity index (χ1) is 10.2. The van der Waals surface area contributed by atoms with E-state index in [0.29, 0.717) is 24.5 Å². The molecule has 4 N–H and O–H groups in total. The first-order valence-electron chi connectivity index (χ1n) is 6.58. The Balaban J connectivity index is 1.92. The second-order valence-electron chi connectivity index (χ2n) is 4.37. The number of para-hydroxylation sites is 1. The van der Waals surface area contributed by atoms with Crippen LogP contribution in [0.3, 0.4) is 0 Å². The van der Waals surface area contributed by atoms with Crippen LogP contribution in [0, 0.1) is 0 Å². The fourth-order valence-corrected chi connectivity index (χ4v) is 1.95. The SMILES string of the molecule is COc1ccccc1CCNC(=O)c1cccc(NN)n1. The van der Waals surface area contributed by atoms with Crippen LogP contribution in [0.2, 0.25) is 0 Å². The van der Waals surface area contributed by atoms with Gasteiger partial charge in [-0.1, -0.05) is 24.3 Å². The molecule has 0 aliphatic carbocycles. The summed E-state index contributed by atoms with van der Waals surface area (Å²) in [6.45, 7) is 0.501. The highest BCUT2D eigenvalue weighted by atomic mass is 16.5. The molecule has 1 aromatic carbocycles. The topological polar surface area (TPSA) is 89.3 Å². The van der Waals surface area contributed by atoms with E-state index in [-0.39, 0.29) is 5.91 Å². The van der Waals surface area contributed by atoms with Crippen LogP contribution in [0.15, 0.2) is 42.5 Å². The van der Waals surface area contributed by atoms with Crippen LogP contribution < -0.4 is 21.3 Å². The molecule has 0 aliphatic rings. The van der Waals surface area contributed by atoms with Gasteiger partial charge in [0.25, 0.3) is 5.91 Å². The van der Waals surface area contributed by atoms with Crippen molar-refractivity contribution in [3.63, 3.8) is 0 Å². The van der Waals surface area contributed by atoms with Crippen LogP contribution in [0.1, 0.15) is 16.1 Å². The number of nitrogens with two attached hydrogens (primary N) is 1. The molecule has 0 fully saturated rings. The Labute approximate surface area is 123 Å². The standard InChI is InChI=1S/C15H18N4O2/c1-21-13-7-3-2-5-11(13)9-10-17-15(20)12-6-4-8-14(18-12)19-16/h2-8H,9-10,16H2,1H3,(H,17,20)(H,18,19). The highest BCUT2D eigenvalue weighted by Crippen LogP contribution is 2.17. The summed E-state index contributed by atoms with van der Waals surface area (Å²) >= 11 is 0. The zero-order chi connectivity index (χ0) is 15.1. The highest BCUT2D eigenvalue weighted by molar-refractivity contribution is 5.92. The van der Waals surface area contributed by atoms with Crippen LogP contribution in [0.5, 0.6) is 5.75 Å². The lowest BCUT2D eigenvalue weighted by atomic mass is 10.1. The zero-order valence-corrected chi connectivity index (χ0v) is 11.8. The molecule has 6 heteroatoms. The van der Waals surface area contributed by atoms with Crippen molar-refractivity contribution in [2.75, 3.05) is 19.1 Å². The van der Waals surface area contributed by atoms with Gasteiger partial charge < -0.3 is 15.5 Å². The van der Waals surface area contributed by atoms with Crippen molar-refractivity contribution in [3.8, 4) is 5.75 Å². The number of hydrogen-bond donors (Lipinski definition) is 3. The van der Waals surface area contributed by atoms with Crippen molar-refractivity contribution in [2.45, 2.75) is 6.42 Å². The minimum absolute atomic E-state index is 0.234. The Morgan fingerprint density at radius 3 is 2.81 bits per heavy atom. The number of benzene rings is 1. The molecule has 0 saturated carbocycles. The van der Waals surface area contributed by atoms with Gasteiger partial charge in [0.05, 0.1) is 7.11 Å². The first-order valence-corrected chi connectivity index (χ1v) is 6.58. The Kier molecular flexibility index (Phi) is 5.11. The van der Waals surface area contributed by atoms with Gasteiger partial charge in [0.1, 0.15) is 17.3 Å². The number of nitrogens with zero attached hydrogens (tertiary/aromatic N) is 1. The number of aromatic nitrogens is 1. The maximum absolute atomic E-state index is 12.0. The summed E-state index contributed by atoms with van der Waals surface area (Å²) in [5, 5.41) is 2.82. The Morgan fingerprint density at radius 1 is 1.24 bits per heavy atom. The van der Waals surface area contributed by atoms with Gasteiger partial charge in [-0.15, -0.1) is 0 Å². The van der Waals surface area contributed by atoms with Crippen LogP contribution in [0.25, 0.3) is 0 Å². The fraction of sp³-hybridized carbons (Fsp3) is 0.200. The van der Waals surface area contributed by atoms with Crippen molar-refractivity contribution in [1.82, 2.24) is 10.3 Å². The molecule has 110 valence electrons. The summed E-state index contributed by atoms with van der Waals surface area (Å²) in [5.74, 6) is 6.30. The molecule has 0 atom stereocenters. The van der Waals surface area contributed by atoms with Gasteiger partial charge in [-0.3, -0.25) is 4.79 Å². The lowest BCUT2D eigenvalue weighted by molar-refractivity contribution is 0.0949. The molecule has 2 aromatic rings. The van der Waals surface area contributed by atoms with Gasteiger partial charge in [-0.25, -0.2) is 10.8 Å². The number of rotatable bonds is 6. The summed E-state index contributed by atoms with van der Waals surface area (Å²) in [4.78, 5) is 16.1. The minimum Gasteiger partial charge on any atom is -0.496 e. The van der Waals surface area contributed by atoms with Crippen molar-refractivity contribution in [2.24, 2.45) is 5.84 Å². The van der Waals surface area contributed by atoms with E-state index in [1.165, 1.54) is 0 Å². The first kappa shape index (κ1) is 14.8. The third kappa shape index (κ3) is 3.93. The number of amides is 1. The molecule has 21 heavy (non-hydrogen) atoms. The summed E-state index contributed by atoms with van der Waals surface area (Å²) < 4.78 is 5.27. The Bertz CT molecular complexity index is 616. The van der Waals surface area contributed by atoms with Gasteiger partial charge in [-0.05, 0) is 30.2 Å². The van der Waals surface area contributed by atoms with Gasteiger partial charge in [0, 0.05) is 6.54 Å².